The van der Waals surface area contributed by atoms with E-state index in [4.69, 9.17) is 10.00 Å². The van der Waals surface area contributed by atoms with Crippen LogP contribution in [-0.4, -0.2) is 12.1 Å². The van der Waals surface area contributed by atoms with Gasteiger partial charge in [0, 0.05) is 5.92 Å². The number of rotatable bonds is 4. The third kappa shape index (κ3) is 4.23. The van der Waals surface area contributed by atoms with Gasteiger partial charge in [0.1, 0.15) is 6.10 Å². The number of carbonyl (C=O) groups is 1. The molecule has 0 bridgehead atoms. The second-order valence-electron chi connectivity index (χ2n) is 6.55. The Labute approximate surface area is 122 Å². The monoisotopic (exact) mass is 277 g/mol. The first-order valence-corrected chi connectivity index (χ1v) is 8.33. The van der Waals surface area contributed by atoms with Crippen LogP contribution in [0.3, 0.4) is 0 Å². The summed E-state index contributed by atoms with van der Waals surface area (Å²) in [5.74, 6) is 1.05. The van der Waals surface area contributed by atoms with Crippen molar-refractivity contribution in [3.05, 3.63) is 0 Å². The molecular weight excluding hydrogens is 250 g/mol. The minimum atomic E-state index is 0.000307. The van der Waals surface area contributed by atoms with Gasteiger partial charge < -0.3 is 4.74 Å². The highest BCUT2D eigenvalue weighted by Gasteiger charge is 2.30. The molecule has 0 spiro atoms. The molecule has 2 saturated carbocycles. The summed E-state index contributed by atoms with van der Waals surface area (Å²) in [6.07, 6.45) is 10.7. The molecule has 0 aromatic heterocycles. The molecule has 0 radical (unpaired) electrons. The molecule has 112 valence electrons. The van der Waals surface area contributed by atoms with Crippen LogP contribution in [0.5, 0.6) is 0 Å². The average molecular weight is 277 g/mol. The van der Waals surface area contributed by atoms with Gasteiger partial charge in [-0.05, 0) is 57.3 Å². The van der Waals surface area contributed by atoms with Crippen molar-refractivity contribution in [3.63, 3.8) is 0 Å². The highest BCUT2D eigenvalue weighted by Crippen LogP contribution is 2.32. The van der Waals surface area contributed by atoms with Gasteiger partial charge in [-0.2, -0.15) is 5.26 Å². The van der Waals surface area contributed by atoms with Gasteiger partial charge in [-0.15, -0.1) is 0 Å². The summed E-state index contributed by atoms with van der Waals surface area (Å²) in [5, 5.41) is 8.88. The lowest BCUT2D eigenvalue weighted by Gasteiger charge is -2.30. The average Bonchev–Trinajstić information content (AvgIpc) is 2.49. The first-order valence-electron chi connectivity index (χ1n) is 8.33. The van der Waals surface area contributed by atoms with E-state index in [1.165, 1.54) is 25.7 Å². The third-order valence-electron chi connectivity index (χ3n) is 5.02. The molecule has 0 aromatic rings. The summed E-state index contributed by atoms with van der Waals surface area (Å²) in [6, 6.07) is 2.31. The smallest absolute Gasteiger partial charge is 0.309 e. The first-order chi connectivity index (χ1) is 9.72. The summed E-state index contributed by atoms with van der Waals surface area (Å²) >= 11 is 0. The van der Waals surface area contributed by atoms with Gasteiger partial charge in [0.25, 0.3) is 0 Å². The normalized spacial score (nSPS) is 34.2. The van der Waals surface area contributed by atoms with Gasteiger partial charge in [0.2, 0.25) is 0 Å². The van der Waals surface area contributed by atoms with Gasteiger partial charge in [-0.3, -0.25) is 4.79 Å². The number of nitriles is 1. The molecule has 2 rings (SSSR count). The Balaban J connectivity index is 1.69. The van der Waals surface area contributed by atoms with Crippen LogP contribution in [0.4, 0.5) is 0 Å². The molecule has 0 atom stereocenters. The Morgan fingerprint density at radius 3 is 2.30 bits per heavy atom. The Morgan fingerprint density at radius 1 is 1.10 bits per heavy atom. The second-order valence-corrected chi connectivity index (χ2v) is 6.55. The van der Waals surface area contributed by atoms with Crippen molar-refractivity contribution in [1.82, 2.24) is 0 Å². The summed E-state index contributed by atoms with van der Waals surface area (Å²) in [5.41, 5.74) is 0. The Bertz CT molecular complexity index is 344. The lowest BCUT2D eigenvalue weighted by atomic mass is 9.82. The quantitative estimate of drug-likeness (QED) is 0.723. The highest BCUT2D eigenvalue weighted by atomic mass is 16.5. The summed E-state index contributed by atoms with van der Waals surface area (Å²) in [4.78, 5) is 12.2. The zero-order chi connectivity index (χ0) is 14.4. The molecule has 0 N–H and O–H groups in total. The van der Waals surface area contributed by atoms with Crippen molar-refractivity contribution < 1.29 is 9.53 Å². The molecule has 0 heterocycles. The fourth-order valence-corrected chi connectivity index (χ4v) is 3.67. The Morgan fingerprint density at radius 2 is 1.75 bits per heavy atom. The minimum absolute atomic E-state index is 0.000307. The van der Waals surface area contributed by atoms with Gasteiger partial charge in [-0.25, -0.2) is 0 Å². The molecule has 3 heteroatoms. The number of carbonyl (C=O) groups excluding carboxylic acids is 1. The van der Waals surface area contributed by atoms with E-state index in [1.54, 1.807) is 0 Å². The topological polar surface area (TPSA) is 50.1 Å². The summed E-state index contributed by atoms with van der Waals surface area (Å²) in [7, 11) is 0. The van der Waals surface area contributed by atoms with E-state index in [0.29, 0.717) is 0 Å². The number of nitrogens with zero attached hydrogens (tertiary/aromatic N) is 1. The lowest BCUT2D eigenvalue weighted by molar-refractivity contribution is -0.157. The molecule has 0 aliphatic heterocycles. The molecule has 0 aromatic carbocycles. The zero-order valence-electron chi connectivity index (χ0n) is 12.6. The van der Waals surface area contributed by atoms with Crippen molar-refractivity contribution in [3.8, 4) is 6.07 Å². The van der Waals surface area contributed by atoms with Crippen LogP contribution in [0.25, 0.3) is 0 Å². The van der Waals surface area contributed by atoms with Crippen LogP contribution >= 0.6 is 0 Å². The van der Waals surface area contributed by atoms with Crippen LogP contribution in [-0.2, 0) is 9.53 Å². The third-order valence-corrected chi connectivity index (χ3v) is 5.02. The van der Waals surface area contributed by atoms with Crippen LogP contribution in [0.1, 0.15) is 71.1 Å². The molecule has 0 saturated heterocycles. The molecule has 20 heavy (non-hydrogen) atoms. The van der Waals surface area contributed by atoms with Crippen LogP contribution in [0, 0.1) is 29.1 Å². The SMILES string of the molecule is CCCC1CCC(OC(=O)C2CCC(C#N)CC2)CC1. The Kier molecular flexibility index (Phi) is 5.88. The fourth-order valence-electron chi connectivity index (χ4n) is 3.67. The standard InChI is InChI=1S/C17H27NO2/c1-2-3-13-6-10-16(11-7-13)20-17(19)15-8-4-14(12-18)5-9-15/h13-16H,2-11H2,1H3. The van der Waals surface area contributed by atoms with Crippen molar-refractivity contribution in [1.29, 1.82) is 5.26 Å². The molecule has 3 nitrogen and oxygen atoms in total. The van der Waals surface area contributed by atoms with Crippen molar-refractivity contribution in [2.24, 2.45) is 17.8 Å². The molecular formula is C17H27NO2. The maximum Gasteiger partial charge on any atom is 0.309 e. The Hall–Kier alpha value is -1.04. The number of ether oxygens (including phenoxy) is 1. The molecule has 2 aliphatic carbocycles. The van der Waals surface area contributed by atoms with Crippen LogP contribution < -0.4 is 0 Å². The van der Waals surface area contributed by atoms with Crippen molar-refractivity contribution >= 4 is 5.97 Å². The van der Waals surface area contributed by atoms with E-state index in [-0.39, 0.29) is 23.9 Å². The summed E-state index contributed by atoms with van der Waals surface area (Å²) in [6.45, 7) is 2.24. The predicted molar refractivity (Wildman–Crippen MR) is 77.8 cm³/mol. The maximum absolute atomic E-state index is 12.2. The van der Waals surface area contributed by atoms with Crippen LogP contribution in [0.2, 0.25) is 0 Å². The van der Waals surface area contributed by atoms with E-state index in [9.17, 15) is 4.79 Å². The number of hydrogen-bond acceptors (Lipinski definition) is 3. The second kappa shape index (κ2) is 7.67. The van der Waals surface area contributed by atoms with Gasteiger partial charge >= 0.3 is 5.97 Å². The molecule has 0 amide bonds. The van der Waals surface area contributed by atoms with Crippen LogP contribution in [0.15, 0.2) is 0 Å². The number of hydrogen-bond donors (Lipinski definition) is 0. The summed E-state index contributed by atoms with van der Waals surface area (Å²) < 4.78 is 5.70. The minimum Gasteiger partial charge on any atom is -0.462 e. The highest BCUT2D eigenvalue weighted by molar-refractivity contribution is 5.72. The molecule has 2 aliphatic rings. The number of esters is 1. The van der Waals surface area contributed by atoms with E-state index in [1.807, 2.05) is 0 Å². The predicted octanol–water partition coefficient (Wildman–Crippen LogP) is 4.22. The maximum atomic E-state index is 12.2. The van der Waals surface area contributed by atoms with Crippen molar-refractivity contribution in [2.75, 3.05) is 0 Å². The molecule has 0 unspecified atom stereocenters. The largest absolute Gasteiger partial charge is 0.462 e. The van der Waals surface area contributed by atoms with Gasteiger partial charge in [0.15, 0.2) is 0 Å². The van der Waals surface area contributed by atoms with E-state index < -0.39 is 0 Å². The first kappa shape index (κ1) is 15.4. The zero-order valence-corrected chi connectivity index (χ0v) is 12.6. The lowest BCUT2D eigenvalue weighted by Crippen LogP contribution is -2.30. The van der Waals surface area contributed by atoms with Gasteiger partial charge in [-0.1, -0.05) is 19.8 Å². The van der Waals surface area contributed by atoms with E-state index in [0.717, 1.165) is 44.4 Å². The molecule has 2 fully saturated rings. The fraction of sp³-hybridized carbons (Fsp3) is 0.882. The van der Waals surface area contributed by atoms with Gasteiger partial charge in [0.05, 0.1) is 12.0 Å². The van der Waals surface area contributed by atoms with E-state index >= 15 is 0 Å². The van der Waals surface area contributed by atoms with E-state index in [2.05, 4.69) is 13.0 Å². The van der Waals surface area contributed by atoms with Crippen molar-refractivity contribution in [2.45, 2.75) is 77.2 Å².